The molecule has 1 rings (SSSR count). The summed E-state index contributed by atoms with van der Waals surface area (Å²) in [7, 11) is 0. The van der Waals surface area contributed by atoms with Gasteiger partial charge in [-0.25, -0.2) is 9.37 Å². The van der Waals surface area contributed by atoms with E-state index < -0.39 is 29.9 Å². The topological polar surface area (TPSA) is 105 Å². The molecular formula is C8H8FN3O3. The summed E-state index contributed by atoms with van der Waals surface area (Å²) in [6, 6.07) is 2.18. The second-order valence-electron chi connectivity index (χ2n) is 2.64. The van der Waals surface area contributed by atoms with Gasteiger partial charge in [0, 0.05) is 0 Å². The molecule has 0 unspecified atom stereocenters. The van der Waals surface area contributed by atoms with Crippen LogP contribution in [0.2, 0.25) is 0 Å². The number of aliphatic carboxylic acids is 1. The standard InChI is InChI=1S/C8H8FN3O3/c9-4-1-2-5(10)12-7(4)8(15)11-3-6(13)14/h1-2H,3H2,(H2,10,12)(H,11,15)(H,13,14). The van der Waals surface area contributed by atoms with Crippen molar-refractivity contribution in [1.82, 2.24) is 10.3 Å². The molecule has 4 N–H and O–H groups in total. The average molecular weight is 213 g/mol. The molecular weight excluding hydrogens is 205 g/mol. The minimum atomic E-state index is -1.23. The number of hydrogen-bond acceptors (Lipinski definition) is 4. The third-order valence-electron chi connectivity index (χ3n) is 1.48. The minimum absolute atomic E-state index is 0.0168. The Balaban J connectivity index is 2.81. The summed E-state index contributed by atoms with van der Waals surface area (Å²) in [5, 5.41) is 10.2. The maximum atomic E-state index is 13.0. The Bertz CT molecular complexity index is 408. The number of nitrogen functional groups attached to an aromatic ring is 1. The summed E-state index contributed by atoms with van der Waals surface area (Å²) in [6.45, 7) is -0.602. The molecule has 0 radical (unpaired) electrons. The molecule has 0 aromatic carbocycles. The molecule has 0 bridgehead atoms. The first-order chi connectivity index (χ1) is 7.00. The quantitative estimate of drug-likeness (QED) is 0.634. The number of nitrogens with zero attached hydrogens (tertiary/aromatic N) is 1. The molecule has 1 heterocycles. The molecule has 0 spiro atoms. The molecule has 15 heavy (non-hydrogen) atoms. The molecule has 0 atom stereocenters. The van der Waals surface area contributed by atoms with E-state index in [0.29, 0.717) is 0 Å². The zero-order valence-corrected chi connectivity index (χ0v) is 7.53. The van der Waals surface area contributed by atoms with Gasteiger partial charge in [0.15, 0.2) is 11.5 Å². The minimum Gasteiger partial charge on any atom is -0.480 e. The highest BCUT2D eigenvalue weighted by Gasteiger charge is 2.14. The van der Waals surface area contributed by atoms with Crippen molar-refractivity contribution in [3.8, 4) is 0 Å². The lowest BCUT2D eigenvalue weighted by Gasteiger charge is -2.03. The van der Waals surface area contributed by atoms with Crippen LogP contribution in [0.1, 0.15) is 10.5 Å². The van der Waals surface area contributed by atoms with E-state index in [0.717, 1.165) is 6.07 Å². The number of anilines is 1. The molecule has 80 valence electrons. The zero-order valence-electron chi connectivity index (χ0n) is 7.53. The average Bonchev–Trinajstić information content (AvgIpc) is 2.18. The van der Waals surface area contributed by atoms with E-state index in [1.807, 2.05) is 5.32 Å². The van der Waals surface area contributed by atoms with Crippen molar-refractivity contribution in [1.29, 1.82) is 0 Å². The predicted molar refractivity (Wildman–Crippen MR) is 48.6 cm³/mol. The number of carbonyl (C=O) groups excluding carboxylic acids is 1. The summed E-state index contributed by atoms with van der Waals surface area (Å²) < 4.78 is 13.0. The first-order valence-electron chi connectivity index (χ1n) is 3.92. The van der Waals surface area contributed by atoms with Gasteiger partial charge in [-0.3, -0.25) is 9.59 Å². The van der Waals surface area contributed by atoms with Gasteiger partial charge in [0.25, 0.3) is 5.91 Å². The van der Waals surface area contributed by atoms with Gasteiger partial charge >= 0.3 is 5.97 Å². The number of carboxylic acids is 1. The van der Waals surface area contributed by atoms with Crippen molar-refractivity contribution >= 4 is 17.7 Å². The number of nitrogens with two attached hydrogens (primary N) is 1. The zero-order chi connectivity index (χ0) is 11.4. The summed E-state index contributed by atoms with van der Waals surface area (Å²) in [5.41, 5.74) is 4.73. The maximum Gasteiger partial charge on any atom is 0.322 e. The van der Waals surface area contributed by atoms with Crippen LogP contribution in [0.3, 0.4) is 0 Å². The van der Waals surface area contributed by atoms with Crippen molar-refractivity contribution in [2.24, 2.45) is 0 Å². The van der Waals surface area contributed by atoms with E-state index in [2.05, 4.69) is 4.98 Å². The number of aromatic nitrogens is 1. The molecule has 6 nitrogen and oxygen atoms in total. The Morgan fingerprint density at radius 1 is 1.53 bits per heavy atom. The smallest absolute Gasteiger partial charge is 0.322 e. The predicted octanol–water partition coefficient (Wildman–Crippen LogP) is -0.383. The van der Waals surface area contributed by atoms with Crippen LogP contribution in [0.4, 0.5) is 10.2 Å². The normalized spacial score (nSPS) is 9.67. The number of halogens is 1. The molecule has 0 aliphatic heterocycles. The van der Waals surface area contributed by atoms with Crippen LogP contribution < -0.4 is 11.1 Å². The first kappa shape index (κ1) is 10.9. The molecule has 1 aromatic rings. The van der Waals surface area contributed by atoms with Crippen LogP contribution in [0.5, 0.6) is 0 Å². The number of rotatable bonds is 3. The van der Waals surface area contributed by atoms with Gasteiger partial charge in [0.1, 0.15) is 12.4 Å². The fourth-order valence-corrected chi connectivity index (χ4v) is 0.856. The number of amides is 1. The lowest BCUT2D eigenvalue weighted by molar-refractivity contribution is -0.135. The Morgan fingerprint density at radius 3 is 2.80 bits per heavy atom. The third kappa shape index (κ3) is 2.90. The summed E-state index contributed by atoms with van der Waals surface area (Å²) in [4.78, 5) is 24.8. The second-order valence-corrected chi connectivity index (χ2v) is 2.64. The van der Waals surface area contributed by atoms with Crippen LogP contribution in [0.25, 0.3) is 0 Å². The second kappa shape index (κ2) is 4.36. The highest BCUT2D eigenvalue weighted by molar-refractivity contribution is 5.94. The van der Waals surface area contributed by atoms with Crippen LogP contribution in [-0.4, -0.2) is 28.5 Å². The van der Waals surface area contributed by atoms with Crippen LogP contribution >= 0.6 is 0 Å². The Kier molecular flexibility index (Phi) is 3.17. The van der Waals surface area contributed by atoms with Gasteiger partial charge in [0.05, 0.1) is 0 Å². The van der Waals surface area contributed by atoms with Crippen LogP contribution in [-0.2, 0) is 4.79 Å². The fraction of sp³-hybridized carbons (Fsp3) is 0.125. The number of carbonyl (C=O) groups is 2. The summed E-state index contributed by atoms with van der Waals surface area (Å²) in [5.74, 6) is -3.01. The molecule has 1 aromatic heterocycles. The van der Waals surface area contributed by atoms with Crippen molar-refractivity contribution in [2.75, 3.05) is 12.3 Å². The Hall–Kier alpha value is -2.18. The van der Waals surface area contributed by atoms with Crippen LogP contribution in [0.15, 0.2) is 12.1 Å². The Morgan fingerprint density at radius 2 is 2.20 bits per heavy atom. The number of nitrogens with one attached hydrogen (secondary N) is 1. The van der Waals surface area contributed by atoms with E-state index in [9.17, 15) is 14.0 Å². The molecule has 7 heteroatoms. The van der Waals surface area contributed by atoms with E-state index >= 15 is 0 Å². The van der Waals surface area contributed by atoms with Gasteiger partial charge in [-0.1, -0.05) is 0 Å². The molecule has 0 aliphatic carbocycles. The van der Waals surface area contributed by atoms with Gasteiger partial charge in [-0.2, -0.15) is 0 Å². The van der Waals surface area contributed by atoms with Gasteiger partial charge in [0.2, 0.25) is 0 Å². The monoisotopic (exact) mass is 213 g/mol. The molecule has 0 aliphatic rings. The number of hydrogen-bond donors (Lipinski definition) is 3. The van der Waals surface area contributed by atoms with Crippen LogP contribution in [0, 0.1) is 5.82 Å². The van der Waals surface area contributed by atoms with E-state index in [-0.39, 0.29) is 5.82 Å². The highest BCUT2D eigenvalue weighted by Crippen LogP contribution is 2.06. The lowest BCUT2D eigenvalue weighted by Crippen LogP contribution is -2.30. The maximum absolute atomic E-state index is 13.0. The fourth-order valence-electron chi connectivity index (χ4n) is 0.856. The van der Waals surface area contributed by atoms with Crippen molar-refractivity contribution in [3.05, 3.63) is 23.6 Å². The van der Waals surface area contributed by atoms with Gasteiger partial charge in [-0.05, 0) is 12.1 Å². The van der Waals surface area contributed by atoms with Crippen molar-refractivity contribution in [2.45, 2.75) is 0 Å². The summed E-state index contributed by atoms with van der Waals surface area (Å²) >= 11 is 0. The molecule has 0 saturated heterocycles. The van der Waals surface area contributed by atoms with E-state index in [1.165, 1.54) is 6.07 Å². The number of pyridine rings is 1. The van der Waals surface area contributed by atoms with Crippen molar-refractivity contribution in [3.63, 3.8) is 0 Å². The Labute approximate surface area is 83.9 Å². The molecule has 0 saturated carbocycles. The van der Waals surface area contributed by atoms with E-state index in [4.69, 9.17) is 10.8 Å². The van der Waals surface area contributed by atoms with E-state index in [1.54, 1.807) is 0 Å². The molecule has 1 amide bonds. The largest absolute Gasteiger partial charge is 0.480 e. The lowest BCUT2D eigenvalue weighted by atomic mass is 10.3. The van der Waals surface area contributed by atoms with Gasteiger partial charge in [-0.15, -0.1) is 0 Å². The highest BCUT2D eigenvalue weighted by atomic mass is 19.1. The SMILES string of the molecule is Nc1ccc(F)c(C(=O)NCC(=O)O)n1. The first-order valence-corrected chi connectivity index (χ1v) is 3.92. The van der Waals surface area contributed by atoms with Gasteiger partial charge < -0.3 is 16.2 Å². The number of carboxylic acid groups (broad SMARTS) is 1. The summed E-state index contributed by atoms with van der Waals surface area (Å²) in [6.07, 6.45) is 0. The molecule has 0 fully saturated rings. The third-order valence-corrected chi connectivity index (χ3v) is 1.48. The van der Waals surface area contributed by atoms with Crippen molar-refractivity contribution < 1.29 is 19.1 Å².